The van der Waals surface area contributed by atoms with E-state index in [0.29, 0.717) is 40.2 Å². The van der Waals surface area contributed by atoms with Gasteiger partial charge in [0, 0.05) is 22.7 Å². The highest BCUT2D eigenvalue weighted by atomic mass is 35.5. The SMILES string of the molecule is CCNC(=O)C[C@@H]1N=C(c2ccc(Cl)cc2)c2cc(Oc3c(F)cccc3F)ccc2-n2c(C)nnc21. The summed E-state index contributed by atoms with van der Waals surface area (Å²) in [6.45, 7) is 4.13. The summed E-state index contributed by atoms with van der Waals surface area (Å²) in [6.07, 6.45) is 0.0564. The van der Waals surface area contributed by atoms with Gasteiger partial charge in [-0.15, -0.1) is 10.2 Å². The van der Waals surface area contributed by atoms with E-state index in [1.807, 2.05) is 23.6 Å². The largest absolute Gasteiger partial charge is 0.451 e. The number of aliphatic imine (C=N–C) groups is 1. The molecule has 5 rings (SSSR count). The van der Waals surface area contributed by atoms with Gasteiger partial charge >= 0.3 is 0 Å². The Hall–Kier alpha value is -4.11. The third-order valence-corrected chi connectivity index (χ3v) is 6.16. The van der Waals surface area contributed by atoms with Crippen LogP contribution in [0.5, 0.6) is 11.5 Å². The summed E-state index contributed by atoms with van der Waals surface area (Å²) in [5.74, 6) is -1.01. The van der Waals surface area contributed by atoms with E-state index in [1.165, 1.54) is 6.07 Å². The molecule has 0 spiro atoms. The Labute approximate surface area is 216 Å². The number of carbonyl (C=O) groups is 1. The van der Waals surface area contributed by atoms with Gasteiger partial charge < -0.3 is 10.1 Å². The Morgan fingerprint density at radius 3 is 2.51 bits per heavy atom. The van der Waals surface area contributed by atoms with Crippen molar-refractivity contribution in [3.63, 3.8) is 0 Å². The predicted molar refractivity (Wildman–Crippen MR) is 136 cm³/mol. The fourth-order valence-corrected chi connectivity index (χ4v) is 4.38. The quantitative estimate of drug-likeness (QED) is 0.352. The summed E-state index contributed by atoms with van der Waals surface area (Å²) in [5.41, 5.74) is 2.58. The molecule has 1 aliphatic heterocycles. The van der Waals surface area contributed by atoms with Crippen LogP contribution in [0.25, 0.3) is 5.69 Å². The smallest absolute Gasteiger partial charge is 0.222 e. The summed E-state index contributed by atoms with van der Waals surface area (Å²) < 4.78 is 36.1. The molecular weight excluding hydrogens is 500 g/mol. The molecular formula is C27H22ClF2N5O2. The monoisotopic (exact) mass is 521 g/mol. The highest BCUT2D eigenvalue weighted by Gasteiger charge is 2.30. The number of halogens is 3. The Balaban J connectivity index is 1.70. The molecule has 4 aromatic rings. The molecule has 37 heavy (non-hydrogen) atoms. The minimum absolute atomic E-state index is 0.0564. The molecule has 0 radical (unpaired) electrons. The van der Waals surface area contributed by atoms with E-state index in [4.69, 9.17) is 21.3 Å². The fourth-order valence-electron chi connectivity index (χ4n) is 4.26. The van der Waals surface area contributed by atoms with Crippen LogP contribution in [0.1, 0.15) is 42.2 Å². The molecule has 2 heterocycles. The molecule has 188 valence electrons. The average Bonchev–Trinajstić information content (AvgIpc) is 3.19. The van der Waals surface area contributed by atoms with Crippen LogP contribution in [-0.2, 0) is 4.79 Å². The first-order chi connectivity index (χ1) is 17.9. The molecule has 1 atom stereocenters. The number of aryl methyl sites for hydroxylation is 1. The van der Waals surface area contributed by atoms with Crippen molar-refractivity contribution in [1.29, 1.82) is 0 Å². The van der Waals surface area contributed by atoms with Crippen molar-refractivity contribution in [1.82, 2.24) is 20.1 Å². The van der Waals surface area contributed by atoms with Crippen LogP contribution >= 0.6 is 11.6 Å². The zero-order valence-electron chi connectivity index (χ0n) is 20.0. The lowest BCUT2D eigenvalue weighted by molar-refractivity contribution is -0.121. The zero-order chi connectivity index (χ0) is 26.1. The zero-order valence-corrected chi connectivity index (χ0v) is 20.8. The maximum absolute atomic E-state index is 14.3. The number of carbonyl (C=O) groups excluding carboxylic acids is 1. The van der Waals surface area contributed by atoms with Gasteiger partial charge in [0.05, 0.1) is 17.8 Å². The molecule has 0 saturated heterocycles. The molecule has 0 unspecified atom stereocenters. The number of para-hydroxylation sites is 1. The minimum Gasteiger partial charge on any atom is -0.451 e. The standard InChI is InChI=1S/C27H22ClF2N5O2/c1-3-31-24(36)14-22-27-34-33-15(2)35(27)23-12-11-18(37-26-20(29)5-4-6-21(26)30)13-19(23)25(32-22)16-7-9-17(28)10-8-16/h4-13,22H,3,14H2,1-2H3,(H,31,36)/t22-/m0/s1. The third-order valence-electron chi connectivity index (χ3n) is 5.91. The molecule has 1 aliphatic rings. The van der Waals surface area contributed by atoms with Crippen molar-refractivity contribution in [3.8, 4) is 17.2 Å². The number of rotatable bonds is 6. The second-order valence-electron chi connectivity index (χ2n) is 8.43. The minimum atomic E-state index is -0.819. The first kappa shape index (κ1) is 24.6. The Morgan fingerprint density at radius 1 is 1.08 bits per heavy atom. The maximum atomic E-state index is 14.3. The number of hydrogen-bond donors (Lipinski definition) is 1. The highest BCUT2D eigenvalue weighted by Crippen LogP contribution is 2.36. The van der Waals surface area contributed by atoms with E-state index >= 15 is 0 Å². The van der Waals surface area contributed by atoms with Crippen molar-refractivity contribution in [2.75, 3.05) is 6.54 Å². The van der Waals surface area contributed by atoms with Gasteiger partial charge in [-0.05, 0) is 56.3 Å². The van der Waals surface area contributed by atoms with Gasteiger partial charge in [0.1, 0.15) is 17.6 Å². The number of benzene rings is 3. The maximum Gasteiger partial charge on any atom is 0.222 e. The van der Waals surface area contributed by atoms with E-state index in [1.54, 1.807) is 37.3 Å². The molecule has 0 saturated carbocycles. The van der Waals surface area contributed by atoms with Crippen LogP contribution in [0.4, 0.5) is 8.78 Å². The molecule has 7 nitrogen and oxygen atoms in total. The van der Waals surface area contributed by atoms with Gasteiger partial charge in [0.2, 0.25) is 5.91 Å². The molecule has 1 aromatic heterocycles. The molecule has 10 heteroatoms. The van der Waals surface area contributed by atoms with E-state index in [-0.39, 0.29) is 18.1 Å². The van der Waals surface area contributed by atoms with Crippen molar-refractivity contribution >= 4 is 23.2 Å². The van der Waals surface area contributed by atoms with Crippen molar-refractivity contribution < 1.29 is 18.3 Å². The number of amides is 1. The topological polar surface area (TPSA) is 81.4 Å². The Bertz CT molecular complexity index is 1500. The van der Waals surface area contributed by atoms with E-state index in [0.717, 1.165) is 17.7 Å². The molecule has 3 aromatic carbocycles. The summed E-state index contributed by atoms with van der Waals surface area (Å²) >= 11 is 6.13. The summed E-state index contributed by atoms with van der Waals surface area (Å²) in [6, 6.07) is 15.0. The Kier molecular flexibility index (Phi) is 6.71. The van der Waals surface area contributed by atoms with E-state index < -0.39 is 23.4 Å². The lowest BCUT2D eigenvalue weighted by Crippen LogP contribution is -2.25. The van der Waals surface area contributed by atoms with Crippen LogP contribution in [0.3, 0.4) is 0 Å². The molecule has 1 amide bonds. The second kappa shape index (κ2) is 10.1. The van der Waals surface area contributed by atoms with E-state index in [2.05, 4.69) is 15.5 Å². The van der Waals surface area contributed by atoms with Gasteiger partial charge in [-0.1, -0.05) is 29.8 Å². The van der Waals surface area contributed by atoms with Crippen LogP contribution < -0.4 is 10.1 Å². The Morgan fingerprint density at radius 2 is 1.81 bits per heavy atom. The predicted octanol–water partition coefficient (Wildman–Crippen LogP) is 5.72. The van der Waals surface area contributed by atoms with Crippen LogP contribution in [0.15, 0.2) is 65.7 Å². The molecule has 0 fully saturated rings. The fraction of sp³-hybridized carbons (Fsp3) is 0.185. The first-order valence-electron chi connectivity index (χ1n) is 11.6. The number of nitrogens with zero attached hydrogens (tertiary/aromatic N) is 4. The van der Waals surface area contributed by atoms with E-state index in [9.17, 15) is 13.6 Å². The van der Waals surface area contributed by atoms with Crippen molar-refractivity contribution in [2.45, 2.75) is 26.3 Å². The molecule has 1 N–H and O–H groups in total. The van der Waals surface area contributed by atoms with Gasteiger partial charge in [-0.25, -0.2) is 8.78 Å². The van der Waals surface area contributed by atoms with Gasteiger partial charge in [-0.2, -0.15) is 0 Å². The number of nitrogens with one attached hydrogen (secondary N) is 1. The molecule has 0 bridgehead atoms. The molecule has 0 aliphatic carbocycles. The second-order valence-corrected chi connectivity index (χ2v) is 8.87. The van der Waals surface area contributed by atoms with Gasteiger partial charge in [0.15, 0.2) is 23.2 Å². The van der Waals surface area contributed by atoms with Gasteiger partial charge in [-0.3, -0.25) is 14.4 Å². The lowest BCUT2D eigenvalue weighted by atomic mass is 10.00. The third kappa shape index (κ3) is 4.82. The van der Waals surface area contributed by atoms with Crippen molar-refractivity contribution in [2.24, 2.45) is 4.99 Å². The van der Waals surface area contributed by atoms with Gasteiger partial charge in [0.25, 0.3) is 0 Å². The summed E-state index contributed by atoms with van der Waals surface area (Å²) in [4.78, 5) is 17.5. The summed E-state index contributed by atoms with van der Waals surface area (Å²) in [7, 11) is 0. The van der Waals surface area contributed by atoms with Crippen LogP contribution in [0, 0.1) is 18.6 Å². The number of hydrogen-bond acceptors (Lipinski definition) is 5. The number of ether oxygens (including phenoxy) is 1. The summed E-state index contributed by atoms with van der Waals surface area (Å²) in [5, 5.41) is 11.9. The number of fused-ring (bicyclic) bond motifs is 3. The normalized spacial score (nSPS) is 14.3. The lowest BCUT2D eigenvalue weighted by Gasteiger charge is -2.15. The first-order valence-corrected chi connectivity index (χ1v) is 12.0. The highest BCUT2D eigenvalue weighted by molar-refractivity contribution is 6.30. The van der Waals surface area contributed by atoms with Crippen LogP contribution in [-0.4, -0.2) is 32.9 Å². The van der Waals surface area contributed by atoms with Crippen LogP contribution in [0.2, 0.25) is 5.02 Å². The number of aromatic nitrogens is 3. The van der Waals surface area contributed by atoms with Crippen molar-refractivity contribution in [3.05, 3.63) is 100 Å². The average molecular weight is 522 g/mol.